The Morgan fingerprint density at radius 1 is 1.21 bits per heavy atom. The summed E-state index contributed by atoms with van der Waals surface area (Å²) < 4.78 is 46.2. The Morgan fingerprint density at radius 2 is 1.84 bits per heavy atom. The van der Waals surface area contributed by atoms with Gasteiger partial charge in [0.2, 0.25) is 0 Å². The Kier molecular flexibility index (Phi) is 6.17. The first-order valence-corrected chi connectivity index (χ1v) is 6.34. The van der Waals surface area contributed by atoms with Crippen molar-refractivity contribution in [3.05, 3.63) is 29.8 Å². The molecule has 0 saturated carbocycles. The number of rotatable bonds is 6. The van der Waals surface area contributed by atoms with E-state index in [4.69, 9.17) is 9.47 Å². The number of benzene rings is 1. The van der Waals surface area contributed by atoms with Gasteiger partial charge in [-0.1, -0.05) is 0 Å². The highest BCUT2D eigenvalue weighted by Gasteiger charge is 2.29. The quantitative estimate of drug-likeness (QED) is 0.457. The smallest absolute Gasteiger partial charge is 0.446 e. The number of carbonyl (C=O) groups is 1. The van der Waals surface area contributed by atoms with E-state index in [1.165, 1.54) is 24.3 Å². The normalized spacial score (nSPS) is 11.4. The molecule has 0 amide bonds. The predicted molar refractivity (Wildman–Crippen MR) is 65.1 cm³/mol. The highest BCUT2D eigenvalue weighted by molar-refractivity contribution is 8.00. The number of hydrogen-bond acceptors (Lipinski definition) is 4. The molecular weight excluding hydrogens is 281 g/mol. The molecule has 0 radical (unpaired) electrons. The van der Waals surface area contributed by atoms with Gasteiger partial charge in [0.15, 0.2) is 0 Å². The van der Waals surface area contributed by atoms with Crippen LogP contribution in [0.5, 0.6) is 0 Å². The third kappa shape index (κ3) is 6.49. The Morgan fingerprint density at radius 3 is 2.37 bits per heavy atom. The van der Waals surface area contributed by atoms with Crippen molar-refractivity contribution in [2.24, 2.45) is 0 Å². The van der Waals surface area contributed by atoms with Gasteiger partial charge in [0.1, 0.15) is 6.61 Å². The molecule has 0 unspecified atom stereocenters. The summed E-state index contributed by atoms with van der Waals surface area (Å²) in [5.74, 6) is -0.580. The van der Waals surface area contributed by atoms with E-state index in [1.807, 2.05) is 6.92 Å². The van der Waals surface area contributed by atoms with Gasteiger partial charge in [0, 0.05) is 11.5 Å². The maximum absolute atomic E-state index is 12.1. The zero-order valence-corrected chi connectivity index (χ0v) is 11.0. The molecule has 0 saturated heterocycles. The summed E-state index contributed by atoms with van der Waals surface area (Å²) in [6, 6.07) is 5.07. The molecule has 1 aromatic carbocycles. The summed E-state index contributed by atoms with van der Waals surface area (Å²) in [5.41, 5.74) is -4.12. The second-order valence-electron chi connectivity index (χ2n) is 3.41. The van der Waals surface area contributed by atoms with E-state index >= 15 is 0 Å². The lowest BCUT2D eigenvalue weighted by Gasteiger charge is -2.07. The molecule has 106 valence electrons. The molecule has 1 aromatic rings. The second kappa shape index (κ2) is 7.40. The van der Waals surface area contributed by atoms with E-state index in [2.05, 4.69) is 0 Å². The van der Waals surface area contributed by atoms with Crippen LogP contribution in [0.4, 0.5) is 13.2 Å². The highest BCUT2D eigenvalue weighted by Crippen LogP contribution is 2.36. The number of hydrogen-bond donors (Lipinski definition) is 0. The Hall–Kier alpha value is -1.21. The van der Waals surface area contributed by atoms with E-state index in [0.29, 0.717) is 13.2 Å². The van der Waals surface area contributed by atoms with Crippen LogP contribution in [0.15, 0.2) is 29.2 Å². The van der Waals surface area contributed by atoms with Crippen molar-refractivity contribution in [1.29, 1.82) is 0 Å². The van der Waals surface area contributed by atoms with Gasteiger partial charge in [-0.3, -0.25) is 0 Å². The van der Waals surface area contributed by atoms with E-state index in [1.54, 1.807) is 0 Å². The van der Waals surface area contributed by atoms with Crippen molar-refractivity contribution >= 4 is 17.7 Å². The van der Waals surface area contributed by atoms with Crippen LogP contribution in [0.3, 0.4) is 0 Å². The molecule has 0 aliphatic heterocycles. The van der Waals surface area contributed by atoms with Crippen LogP contribution in [0.25, 0.3) is 0 Å². The highest BCUT2D eigenvalue weighted by atomic mass is 32.2. The average molecular weight is 294 g/mol. The van der Waals surface area contributed by atoms with Gasteiger partial charge < -0.3 is 9.47 Å². The average Bonchev–Trinajstić information content (AvgIpc) is 2.33. The summed E-state index contributed by atoms with van der Waals surface area (Å²) in [5, 5.41) is 0. The van der Waals surface area contributed by atoms with E-state index < -0.39 is 11.5 Å². The molecule has 0 spiro atoms. The fourth-order valence-electron chi connectivity index (χ4n) is 1.21. The van der Waals surface area contributed by atoms with Gasteiger partial charge in [-0.15, -0.1) is 0 Å². The first-order chi connectivity index (χ1) is 8.92. The number of halogens is 3. The summed E-state index contributed by atoms with van der Waals surface area (Å²) in [6.07, 6.45) is 0. The van der Waals surface area contributed by atoms with Gasteiger partial charge in [0.25, 0.3) is 0 Å². The van der Waals surface area contributed by atoms with Crippen LogP contribution in [-0.2, 0) is 9.47 Å². The van der Waals surface area contributed by atoms with Crippen molar-refractivity contribution in [1.82, 2.24) is 0 Å². The van der Waals surface area contributed by atoms with E-state index in [-0.39, 0.29) is 28.8 Å². The molecule has 0 bridgehead atoms. The summed E-state index contributed by atoms with van der Waals surface area (Å²) in [4.78, 5) is 11.5. The third-order valence-corrected chi connectivity index (χ3v) is 2.73. The molecule has 0 heterocycles. The Labute approximate surface area is 113 Å². The fourth-order valence-corrected chi connectivity index (χ4v) is 1.75. The number of alkyl halides is 3. The lowest BCUT2D eigenvalue weighted by molar-refractivity contribution is -0.0328. The van der Waals surface area contributed by atoms with Gasteiger partial charge in [-0.25, -0.2) is 4.79 Å². The molecule has 0 aliphatic rings. The molecule has 0 aliphatic carbocycles. The number of ether oxygens (including phenoxy) is 2. The second-order valence-corrected chi connectivity index (χ2v) is 4.54. The van der Waals surface area contributed by atoms with Crippen molar-refractivity contribution in [3.63, 3.8) is 0 Å². The van der Waals surface area contributed by atoms with Gasteiger partial charge >= 0.3 is 11.5 Å². The fraction of sp³-hybridized carbons (Fsp3) is 0.417. The number of carbonyl (C=O) groups excluding carboxylic acids is 1. The van der Waals surface area contributed by atoms with Crippen LogP contribution in [-0.4, -0.2) is 31.3 Å². The molecular formula is C12H13F3O3S. The van der Waals surface area contributed by atoms with Gasteiger partial charge in [-0.05, 0) is 43.0 Å². The van der Waals surface area contributed by atoms with Crippen LogP contribution >= 0.6 is 11.8 Å². The number of esters is 1. The lowest BCUT2D eigenvalue weighted by Crippen LogP contribution is -2.10. The molecule has 19 heavy (non-hydrogen) atoms. The lowest BCUT2D eigenvalue weighted by atomic mass is 10.2. The maximum Gasteiger partial charge on any atom is 0.446 e. The van der Waals surface area contributed by atoms with E-state index in [0.717, 1.165) is 0 Å². The monoisotopic (exact) mass is 294 g/mol. The zero-order valence-electron chi connectivity index (χ0n) is 10.2. The van der Waals surface area contributed by atoms with Gasteiger partial charge in [0.05, 0.1) is 12.2 Å². The summed E-state index contributed by atoms with van der Waals surface area (Å²) in [6.45, 7) is 2.76. The molecule has 0 aromatic heterocycles. The predicted octanol–water partition coefficient (Wildman–Crippen LogP) is 3.49. The Balaban J connectivity index is 2.49. The van der Waals surface area contributed by atoms with Crippen LogP contribution in [0.2, 0.25) is 0 Å². The minimum atomic E-state index is -4.33. The van der Waals surface area contributed by atoms with Gasteiger partial charge in [-0.2, -0.15) is 13.2 Å². The first-order valence-electron chi connectivity index (χ1n) is 5.53. The molecule has 0 fully saturated rings. The SMILES string of the molecule is CCOCCOC(=O)c1ccc(SC(F)(F)F)cc1. The molecule has 0 atom stereocenters. The van der Waals surface area contributed by atoms with E-state index in [9.17, 15) is 18.0 Å². The zero-order chi connectivity index (χ0) is 14.3. The Bertz CT molecular complexity index is 404. The van der Waals surface area contributed by atoms with Crippen LogP contribution in [0, 0.1) is 0 Å². The molecule has 3 nitrogen and oxygen atoms in total. The molecule has 0 N–H and O–H groups in total. The summed E-state index contributed by atoms with van der Waals surface area (Å²) in [7, 11) is 0. The molecule has 1 rings (SSSR count). The standard InChI is InChI=1S/C12H13F3O3S/c1-2-17-7-8-18-11(16)9-3-5-10(6-4-9)19-12(13,14)15/h3-6H,2,7-8H2,1H3. The topological polar surface area (TPSA) is 35.5 Å². The van der Waals surface area contributed by atoms with Crippen molar-refractivity contribution in [3.8, 4) is 0 Å². The minimum Gasteiger partial charge on any atom is -0.460 e. The van der Waals surface area contributed by atoms with Crippen LogP contribution < -0.4 is 0 Å². The van der Waals surface area contributed by atoms with Crippen molar-refractivity contribution in [2.45, 2.75) is 17.3 Å². The first kappa shape index (κ1) is 15.8. The maximum atomic E-state index is 12.1. The number of thioether (sulfide) groups is 1. The van der Waals surface area contributed by atoms with Crippen molar-refractivity contribution < 1.29 is 27.4 Å². The molecule has 7 heteroatoms. The third-order valence-electron chi connectivity index (χ3n) is 1.99. The largest absolute Gasteiger partial charge is 0.460 e. The summed E-state index contributed by atoms with van der Waals surface area (Å²) >= 11 is -0.226. The van der Waals surface area contributed by atoms with Crippen molar-refractivity contribution in [2.75, 3.05) is 19.8 Å². The minimum absolute atomic E-state index is 0.0263. The van der Waals surface area contributed by atoms with Crippen LogP contribution in [0.1, 0.15) is 17.3 Å².